The van der Waals surface area contributed by atoms with Crippen molar-refractivity contribution < 1.29 is 59.6 Å². The van der Waals surface area contributed by atoms with Crippen LogP contribution in [0.15, 0.2) is 72.8 Å². The molecule has 17 heteroatoms. The first kappa shape index (κ1) is 43.4. The van der Waals surface area contributed by atoms with Crippen molar-refractivity contribution in [2.45, 2.75) is 25.7 Å². The number of hydrogen-bond acceptors (Lipinski definition) is 13. The zero-order valence-electron chi connectivity index (χ0n) is 33.0. The highest BCUT2D eigenvalue weighted by Gasteiger charge is 2.23. The van der Waals surface area contributed by atoms with Gasteiger partial charge in [-0.05, 0) is 44.5 Å². The van der Waals surface area contributed by atoms with Gasteiger partial charge in [0.1, 0.15) is 36.2 Å². The summed E-state index contributed by atoms with van der Waals surface area (Å²) in [4.78, 5) is 25.5. The van der Waals surface area contributed by atoms with Gasteiger partial charge in [-0.2, -0.15) is 0 Å². The number of para-hydroxylation sites is 4. The highest BCUT2D eigenvalue weighted by molar-refractivity contribution is 7.89. The number of hydrogen-bond donors (Lipinski definition) is 2. The highest BCUT2D eigenvalue weighted by atomic mass is 32.2. The molecule has 15 nitrogen and oxygen atoms in total. The normalized spacial score (nSPS) is 15.4. The summed E-state index contributed by atoms with van der Waals surface area (Å²) in [6.07, 6.45) is 2.99. The molecule has 316 valence electrons. The molecule has 2 aliphatic rings. The first-order valence-electron chi connectivity index (χ1n) is 19.0. The van der Waals surface area contributed by atoms with Crippen LogP contribution in [0.25, 0.3) is 0 Å². The lowest BCUT2D eigenvalue weighted by Crippen LogP contribution is -2.33. The van der Waals surface area contributed by atoms with Crippen LogP contribution in [0.3, 0.4) is 0 Å². The van der Waals surface area contributed by atoms with E-state index in [9.17, 15) is 26.4 Å². The van der Waals surface area contributed by atoms with E-state index in [1.165, 1.54) is 0 Å². The summed E-state index contributed by atoms with van der Waals surface area (Å²) in [7, 11) is -7.65. The molecule has 1 aliphatic heterocycles. The van der Waals surface area contributed by atoms with E-state index >= 15 is 0 Å². The Labute approximate surface area is 344 Å². The van der Waals surface area contributed by atoms with Gasteiger partial charge in [-0.3, -0.25) is 19.0 Å². The second kappa shape index (κ2) is 20.2. The minimum atomic E-state index is -3.83. The molecular weight excluding hydrogens is 805 g/mol. The topological polar surface area (TPSA) is 191 Å². The Balaban J connectivity index is 1.52. The average Bonchev–Trinajstić information content (AvgIpc) is 3.15. The van der Waals surface area contributed by atoms with Crippen molar-refractivity contribution in [1.82, 2.24) is 9.44 Å². The zero-order valence-corrected chi connectivity index (χ0v) is 34.6. The predicted molar refractivity (Wildman–Crippen MR) is 217 cm³/mol. The Hall–Kier alpha value is -5.20. The average molecular weight is 853 g/mol. The Bertz CT molecular complexity index is 2100. The third-order valence-corrected chi connectivity index (χ3v) is 10.4. The first-order valence-corrected chi connectivity index (χ1v) is 22.8. The number of carbonyl (C=O) groups excluding carboxylic acids is 2. The van der Waals surface area contributed by atoms with E-state index in [1.807, 2.05) is 82.2 Å². The number of nitrogens with one attached hydrogen (secondary N) is 2. The van der Waals surface area contributed by atoms with E-state index in [0.717, 1.165) is 34.8 Å². The number of fused-ring (bicyclic) bond motifs is 2. The molecule has 0 unspecified atom stereocenters. The summed E-state index contributed by atoms with van der Waals surface area (Å²) in [5.41, 5.74) is 6.03. The molecule has 0 saturated carbocycles. The first-order chi connectivity index (χ1) is 28.3. The number of ether oxygens (including phenoxy) is 7. The molecule has 10 bridgehead atoms. The lowest BCUT2D eigenvalue weighted by atomic mass is 9.91. The van der Waals surface area contributed by atoms with Crippen LogP contribution in [0.4, 0.5) is 0 Å². The van der Waals surface area contributed by atoms with Crippen molar-refractivity contribution in [1.29, 1.82) is 0 Å². The van der Waals surface area contributed by atoms with E-state index in [0.29, 0.717) is 97.4 Å². The third kappa shape index (κ3) is 12.9. The summed E-state index contributed by atoms with van der Waals surface area (Å²) in [6.45, 7) is 1.28. The van der Waals surface area contributed by atoms with Crippen LogP contribution in [0.1, 0.15) is 44.5 Å². The lowest BCUT2D eigenvalue weighted by Gasteiger charge is -2.23. The second-order valence-corrected chi connectivity index (χ2v) is 17.5. The summed E-state index contributed by atoms with van der Waals surface area (Å²) >= 11 is 0. The van der Waals surface area contributed by atoms with Crippen molar-refractivity contribution in [3.05, 3.63) is 117 Å². The van der Waals surface area contributed by atoms with E-state index in [4.69, 9.17) is 33.2 Å². The fourth-order valence-electron chi connectivity index (χ4n) is 6.92. The Morgan fingerprint density at radius 2 is 0.746 bits per heavy atom. The van der Waals surface area contributed by atoms with E-state index in [2.05, 4.69) is 0 Å². The molecule has 1 aliphatic carbocycles. The van der Waals surface area contributed by atoms with Crippen LogP contribution >= 0.6 is 0 Å². The number of rotatable bonds is 8. The van der Waals surface area contributed by atoms with Gasteiger partial charge in [0.15, 0.2) is 13.2 Å². The lowest BCUT2D eigenvalue weighted by molar-refractivity contribution is -0.122. The molecule has 0 spiro atoms. The van der Waals surface area contributed by atoms with Gasteiger partial charge in [0.2, 0.25) is 20.0 Å². The van der Waals surface area contributed by atoms with Crippen LogP contribution in [0.5, 0.6) is 23.0 Å². The third-order valence-electron chi connectivity index (χ3n) is 9.22. The molecule has 4 aromatic rings. The van der Waals surface area contributed by atoms with Gasteiger partial charge in [0.05, 0.1) is 52.2 Å². The molecule has 4 aromatic carbocycles. The van der Waals surface area contributed by atoms with Crippen LogP contribution < -0.4 is 28.4 Å². The van der Waals surface area contributed by atoms with Crippen molar-refractivity contribution in [3.63, 3.8) is 0 Å². The Kier molecular flexibility index (Phi) is 14.8. The van der Waals surface area contributed by atoms with Gasteiger partial charge in [-0.1, -0.05) is 72.8 Å². The maximum Gasteiger partial charge on any atom is 0.271 e. The summed E-state index contributed by atoms with van der Waals surface area (Å²) in [5, 5.41) is 0. The molecule has 2 amide bonds. The number of amides is 2. The monoisotopic (exact) mass is 852 g/mol. The van der Waals surface area contributed by atoms with Crippen molar-refractivity contribution in [2.24, 2.45) is 0 Å². The van der Waals surface area contributed by atoms with Crippen molar-refractivity contribution >= 4 is 31.9 Å². The van der Waals surface area contributed by atoms with Crippen LogP contribution in [-0.2, 0) is 69.5 Å². The zero-order chi connectivity index (χ0) is 41.8. The Morgan fingerprint density at radius 3 is 1.03 bits per heavy atom. The maximum absolute atomic E-state index is 12.8. The summed E-state index contributed by atoms with van der Waals surface area (Å²) < 4.78 is 94.2. The van der Waals surface area contributed by atoms with Gasteiger partial charge >= 0.3 is 0 Å². The largest absolute Gasteiger partial charge is 0.491 e. The van der Waals surface area contributed by atoms with Gasteiger partial charge < -0.3 is 33.2 Å². The standard InChI is InChI=1S/C42H48N2O13S2/c1-58(47,48)43-37(45)27-56-41-33-11-5-12-34(41)24-30-8-4-10-32-26-36-14-6-13-35(42(36)57-28-38(46)44-59(2,49)50)25-31-9-3-7-29(23-33)39(31)54-21-19-52-17-15-51-16-18-53-20-22-55-40(30)32/h3-14H,15-28H2,1-2H3,(H,43,45)(H,44,46). The predicted octanol–water partition coefficient (Wildman–Crippen LogP) is 3.09. The fourth-order valence-corrected chi connectivity index (χ4v) is 7.87. The SMILES string of the molecule is CS(=O)(=O)NC(=O)COc1c2cccc1Cc1cccc3c1OCCOCCOCCOCCOc1c(cccc1Cc1cccc(c1OCC(=O)NS(C)(=O)=O)C3)C2. The quantitative estimate of drug-likeness (QED) is 0.232. The molecule has 6 rings (SSSR count). The molecule has 0 fully saturated rings. The molecule has 0 aromatic heterocycles. The fraction of sp³-hybridized carbons (Fsp3) is 0.381. The number of benzene rings is 4. The second-order valence-electron chi connectivity index (χ2n) is 14.0. The molecule has 2 N–H and O–H groups in total. The highest BCUT2D eigenvalue weighted by Crippen LogP contribution is 2.39. The molecule has 0 saturated heterocycles. The van der Waals surface area contributed by atoms with E-state index < -0.39 is 45.1 Å². The van der Waals surface area contributed by atoms with Gasteiger partial charge in [0.25, 0.3) is 11.8 Å². The number of carbonyl (C=O) groups is 2. The Morgan fingerprint density at radius 1 is 0.475 bits per heavy atom. The molecular formula is C42H48N2O13S2. The van der Waals surface area contributed by atoms with Gasteiger partial charge in [0, 0.05) is 25.7 Å². The minimum absolute atomic E-state index is 0.203. The minimum Gasteiger partial charge on any atom is -0.491 e. The van der Waals surface area contributed by atoms with E-state index in [-0.39, 0.29) is 26.4 Å². The molecule has 0 radical (unpaired) electrons. The van der Waals surface area contributed by atoms with Gasteiger partial charge in [-0.25, -0.2) is 16.8 Å². The van der Waals surface area contributed by atoms with E-state index in [1.54, 1.807) is 0 Å². The molecule has 59 heavy (non-hydrogen) atoms. The van der Waals surface area contributed by atoms with Crippen molar-refractivity contribution in [3.8, 4) is 23.0 Å². The smallest absolute Gasteiger partial charge is 0.271 e. The van der Waals surface area contributed by atoms with Crippen LogP contribution in [0.2, 0.25) is 0 Å². The molecule has 0 atom stereocenters. The van der Waals surface area contributed by atoms with Gasteiger partial charge in [-0.15, -0.1) is 0 Å². The van der Waals surface area contributed by atoms with Crippen LogP contribution in [0, 0.1) is 0 Å². The maximum atomic E-state index is 12.8. The van der Waals surface area contributed by atoms with Crippen molar-refractivity contribution in [2.75, 3.05) is 78.6 Å². The summed E-state index contributed by atoms with van der Waals surface area (Å²) in [6, 6.07) is 22.9. The van der Waals surface area contributed by atoms with Crippen LogP contribution in [-0.4, -0.2) is 107 Å². The molecule has 1 heterocycles. The number of sulfonamides is 2. The summed E-state index contributed by atoms with van der Waals surface area (Å²) in [5.74, 6) is 0.350.